The number of aryl methyl sites for hydroxylation is 1. The minimum atomic E-state index is -4.87. The number of anilines is 2. The van der Waals surface area contributed by atoms with Gasteiger partial charge in [0.2, 0.25) is 0 Å². The molecular weight excluding hydrogens is 477 g/mol. The zero-order valence-corrected chi connectivity index (χ0v) is 17.1. The van der Waals surface area contributed by atoms with Crippen molar-refractivity contribution < 1.29 is 22.7 Å². The summed E-state index contributed by atoms with van der Waals surface area (Å²) in [6, 6.07) is 9.66. The first-order chi connectivity index (χ1) is 13.6. The molecule has 1 heterocycles. The van der Waals surface area contributed by atoms with Crippen LogP contribution in [0.3, 0.4) is 0 Å². The SMILES string of the molecule is Cn1ncc(Br)c1-c1cc(NC(=O)Nc2ccc(Cl)cc2)ccc1OC(F)(F)F. The van der Waals surface area contributed by atoms with Gasteiger partial charge in [-0.05, 0) is 58.4 Å². The van der Waals surface area contributed by atoms with Crippen molar-refractivity contribution in [2.45, 2.75) is 6.36 Å². The van der Waals surface area contributed by atoms with E-state index in [1.165, 1.54) is 23.0 Å². The molecule has 2 amide bonds. The lowest BCUT2D eigenvalue weighted by molar-refractivity contribution is -0.274. The van der Waals surface area contributed by atoms with Gasteiger partial charge in [0, 0.05) is 29.0 Å². The Morgan fingerprint density at radius 3 is 2.34 bits per heavy atom. The van der Waals surface area contributed by atoms with E-state index in [4.69, 9.17) is 11.6 Å². The van der Waals surface area contributed by atoms with E-state index >= 15 is 0 Å². The second kappa shape index (κ2) is 8.34. The summed E-state index contributed by atoms with van der Waals surface area (Å²) in [5, 5.41) is 9.69. The summed E-state index contributed by atoms with van der Waals surface area (Å²) in [6.45, 7) is 0. The van der Waals surface area contributed by atoms with Gasteiger partial charge in [-0.15, -0.1) is 13.2 Å². The maximum absolute atomic E-state index is 12.8. The molecule has 0 radical (unpaired) electrons. The molecule has 0 aliphatic carbocycles. The van der Waals surface area contributed by atoms with Gasteiger partial charge in [-0.2, -0.15) is 5.10 Å². The lowest BCUT2D eigenvalue weighted by Crippen LogP contribution is -2.20. The minimum absolute atomic E-state index is 0.0958. The monoisotopic (exact) mass is 488 g/mol. The highest BCUT2D eigenvalue weighted by Crippen LogP contribution is 2.38. The fourth-order valence-corrected chi connectivity index (χ4v) is 3.23. The molecule has 29 heavy (non-hydrogen) atoms. The Hall–Kier alpha value is -2.72. The van der Waals surface area contributed by atoms with Gasteiger partial charge in [-0.25, -0.2) is 4.79 Å². The molecule has 1 aromatic heterocycles. The Morgan fingerprint density at radius 1 is 1.14 bits per heavy atom. The van der Waals surface area contributed by atoms with Crippen molar-refractivity contribution in [3.8, 4) is 17.0 Å². The number of ether oxygens (including phenoxy) is 1. The van der Waals surface area contributed by atoms with E-state index in [0.717, 1.165) is 6.07 Å². The van der Waals surface area contributed by atoms with E-state index in [1.807, 2.05) is 0 Å². The van der Waals surface area contributed by atoms with Gasteiger partial charge in [0.15, 0.2) is 0 Å². The summed E-state index contributed by atoms with van der Waals surface area (Å²) in [7, 11) is 1.57. The highest BCUT2D eigenvalue weighted by atomic mass is 79.9. The first kappa shape index (κ1) is 21.0. The van der Waals surface area contributed by atoms with Gasteiger partial charge in [0.25, 0.3) is 0 Å². The lowest BCUT2D eigenvalue weighted by atomic mass is 10.1. The molecule has 3 rings (SSSR count). The van der Waals surface area contributed by atoms with E-state index in [9.17, 15) is 18.0 Å². The highest BCUT2D eigenvalue weighted by Gasteiger charge is 2.33. The fourth-order valence-electron chi connectivity index (χ4n) is 2.55. The number of amides is 2. The van der Waals surface area contributed by atoms with Gasteiger partial charge in [-0.3, -0.25) is 4.68 Å². The average molecular weight is 490 g/mol. The molecular formula is C18H13BrClF3N4O2. The van der Waals surface area contributed by atoms with Crippen LogP contribution in [0.15, 0.2) is 53.1 Å². The number of hydrogen-bond donors (Lipinski definition) is 2. The minimum Gasteiger partial charge on any atom is -0.405 e. The number of benzene rings is 2. The summed E-state index contributed by atoms with van der Waals surface area (Å²) >= 11 is 9.06. The molecule has 0 bridgehead atoms. The third-order valence-corrected chi connectivity index (χ3v) is 4.55. The Balaban J connectivity index is 1.89. The summed E-state index contributed by atoms with van der Waals surface area (Å²) in [4.78, 5) is 12.2. The molecule has 0 fully saturated rings. The van der Waals surface area contributed by atoms with Crippen LogP contribution in [0, 0.1) is 0 Å². The molecule has 2 aromatic carbocycles. The molecule has 0 spiro atoms. The van der Waals surface area contributed by atoms with Gasteiger partial charge >= 0.3 is 12.4 Å². The van der Waals surface area contributed by atoms with Crippen LogP contribution in [0.2, 0.25) is 5.02 Å². The zero-order chi connectivity index (χ0) is 21.2. The smallest absolute Gasteiger partial charge is 0.405 e. The predicted octanol–water partition coefficient (Wildman–Crippen LogP) is 6.05. The number of nitrogens with zero attached hydrogens (tertiary/aromatic N) is 2. The third-order valence-electron chi connectivity index (χ3n) is 3.71. The fraction of sp³-hybridized carbons (Fsp3) is 0.111. The van der Waals surface area contributed by atoms with Gasteiger partial charge in [-0.1, -0.05) is 11.6 Å². The van der Waals surface area contributed by atoms with E-state index in [-0.39, 0.29) is 11.3 Å². The molecule has 0 aliphatic heterocycles. The highest BCUT2D eigenvalue weighted by molar-refractivity contribution is 9.10. The average Bonchev–Trinajstić information content (AvgIpc) is 2.95. The number of nitrogens with one attached hydrogen (secondary N) is 2. The van der Waals surface area contributed by atoms with Crippen molar-refractivity contribution in [3.05, 3.63) is 58.2 Å². The number of aromatic nitrogens is 2. The topological polar surface area (TPSA) is 68.2 Å². The van der Waals surface area contributed by atoms with Crippen molar-refractivity contribution >= 4 is 44.9 Å². The van der Waals surface area contributed by atoms with Crippen molar-refractivity contribution in [3.63, 3.8) is 0 Å². The Bertz CT molecular complexity index is 1020. The van der Waals surface area contributed by atoms with Gasteiger partial charge < -0.3 is 15.4 Å². The molecule has 3 aromatic rings. The van der Waals surface area contributed by atoms with E-state index < -0.39 is 18.1 Å². The molecule has 0 saturated carbocycles. The Kier molecular flexibility index (Phi) is 6.04. The summed E-state index contributed by atoms with van der Waals surface area (Å²) in [5.41, 5.74) is 1.21. The number of halogens is 5. The maximum Gasteiger partial charge on any atom is 0.573 e. The van der Waals surface area contributed by atoms with Crippen LogP contribution >= 0.6 is 27.5 Å². The predicted molar refractivity (Wildman–Crippen MR) is 107 cm³/mol. The second-order valence-corrected chi connectivity index (χ2v) is 7.10. The van der Waals surface area contributed by atoms with Crippen molar-refractivity contribution in [2.75, 3.05) is 10.6 Å². The van der Waals surface area contributed by atoms with Crippen LogP contribution in [0.1, 0.15) is 0 Å². The van der Waals surface area contributed by atoms with Crippen molar-refractivity contribution in [1.82, 2.24) is 9.78 Å². The molecule has 2 N–H and O–H groups in total. The largest absolute Gasteiger partial charge is 0.573 e. The maximum atomic E-state index is 12.8. The van der Waals surface area contributed by atoms with Crippen LogP contribution in [0.25, 0.3) is 11.3 Å². The van der Waals surface area contributed by atoms with Crippen molar-refractivity contribution in [1.29, 1.82) is 0 Å². The summed E-state index contributed by atoms with van der Waals surface area (Å²) in [5.74, 6) is -0.426. The number of hydrogen-bond acceptors (Lipinski definition) is 3. The Labute approximate surface area is 176 Å². The molecule has 0 saturated heterocycles. The van der Waals surface area contributed by atoms with Crippen LogP contribution < -0.4 is 15.4 Å². The first-order valence-corrected chi connectivity index (χ1v) is 9.21. The lowest BCUT2D eigenvalue weighted by Gasteiger charge is -2.16. The number of urea groups is 1. The standard InChI is InChI=1S/C18H13BrClF3N4O2/c1-27-16(14(19)9-24-27)13-8-12(6-7-15(13)29-18(21,22)23)26-17(28)25-11-4-2-10(20)3-5-11/h2-9H,1H3,(H2,25,26,28). The van der Waals surface area contributed by atoms with Gasteiger partial charge in [0.1, 0.15) is 5.75 Å². The zero-order valence-electron chi connectivity index (χ0n) is 14.7. The van der Waals surface area contributed by atoms with E-state index in [1.54, 1.807) is 31.3 Å². The number of alkyl halides is 3. The molecule has 0 unspecified atom stereocenters. The van der Waals surface area contributed by atoms with Gasteiger partial charge in [0.05, 0.1) is 16.4 Å². The van der Waals surface area contributed by atoms with Crippen LogP contribution in [0.4, 0.5) is 29.3 Å². The van der Waals surface area contributed by atoms with Crippen molar-refractivity contribution in [2.24, 2.45) is 7.05 Å². The van der Waals surface area contributed by atoms with Crippen LogP contribution in [-0.4, -0.2) is 22.2 Å². The molecule has 0 atom stereocenters. The third kappa shape index (κ3) is 5.42. The number of rotatable bonds is 4. The molecule has 11 heteroatoms. The first-order valence-electron chi connectivity index (χ1n) is 8.03. The Morgan fingerprint density at radius 2 is 1.76 bits per heavy atom. The van der Waals surface area contributed by atoms with Crippen LogP contribution in [-0.2, 0) is 7.05 Å². The number of carbonyl (C=O) groups is 1. The van der Waals surface area contributed by atoms with Crippen LogP contribution in [0.5, 0.6) is 5.75 Å². The quantitative estimate of drug-likeness (QED) is 0.469. The number of carbonyl (C=O) groups excluding carboxylic acids is 1. The second-order valence-electron chi connectivity index (χ2n) is 5.81. The normalized spacial score (nSPS) is 11.2. The van der Waals surface area contributed by atoms with E-state index in [0.29, 0.717) is 20.9 Å². The summed E-state index contributed by atoms with van der Waals surface area (Å²) in [6.07, 6.45) is -3.43. The molecule has 152 valence electrons. The van der Waals surface area contributed by atoms with E-state index in [2.05, 4.69) is 36.4 Å². The molecule has 6 nitrogen and oxygen atoms in total. The molecule has 0 aliphatic rings. The summed E-state index contributed by atoms with van der Waals surface area (Å²) < 4.78 is 44.4.